The Hall–Kier alpha value is 0.270. The van der Waals surface area contributed by atoms with Crippen LogP contribution in [-0.2, 0) is 4.74 Å². The Balaban J connectivity index is 1.99. The van der Waals surface area contributed by atoms with Gasteiger partial charge in [-0.05, 0) is 19.3 Å². The summed E-state index contributed by atoms with van der Waals surface area (Å²) in [5.74, 6) is 1.10. The van der Waals surface area contributed by atoms with Gasteiger partial charge in [0, 0.05) is 24.2 Å². The summed E-state index contributed by atoms with van der Waals surface area (Å²) in [5.41, 5.74) is 0. The normalized spacial score (nSPS) is 26.0. The van der Waals surface area contributed by atoms with Gasteiger partial charge in [0.1, 0.15) is 0 Å². The van der Waals surface area contributed by atoms with Crippen LogP contribution in [0, 0.1) is 0 Å². The lowest BCUT2D eigenvalue weighted by Gasteiger charge is -2.12. The second-order valence-corrected chi connectivity index (χ2v) is 4.76. The first-order valence-electron chi connectivity index (χ1n) is 4.67. The molecule has 0 aliphatic carbocycles. The molecule has 72 valence electrons. The maximum absolute atomic E-state index is 8.68. The predicted octanol–water partition coefficient (Wildman–Crippen LogP) is 1.67. The standard InChI is InChI=1S/C9H18O2S/c1-8(4-5-10)12-7-9-3-2-6-11-9/h8-10H,2-7H2,1H3. The molecule has 0 spiro atoms. The molecule has 12 heavy (non-hydrogen) atoms. The van der Waals surface area contributed by atoms with Crippen LogP contribution in [0.3, 0.4) is 0 Å². The maximum Gasteiger partial charge on any atom is 0.0666 e. The number of aliphatic hydroxyl groups is 1. The molecule has 1 heterocycles. The quantitative estimate of drug-likeness (QED) is 0.715. The van der Waals surface area contributed by atoms with Crippen molar-refractivity contribution in [2.75, 3.05) is 19.0 Å². The minimum absolute atomic E-state index is 0.305. The first kappa shape index (κ1) is 10.4. The summed E-state index contributed by atoms with van der Waals surface area (Å²) in [7, 11) is 0. The summed E-state index contributed by atoms with van der Waals surface area (Å²) in [6, 6.07) is 0. The topological polar surface area (TPSA) is 29.5 Å². The van der Waals surface area contributed by atoms with Crippen LogP contribution in [0.1, 0.15) is 26.2 Å². The van der Waals surface area contributed by atoms with Gasteiger partial charge in [-0.15, -0.1) is 0 Å². The van der Waals surface area contributed by atoms with E-state index >= 15 is 0 Å². The molecular formula is C9H18O2S. The first-order chi connectivity index (χ1) is 5.83. The monoisotopic (exact) mass is 190 g/mol. The number of hydrogen-bond acceptors (Lipinski definition) is 3. The number of rotatable bonds is 5. The smallest absolute Gasteiger partial charge is 0.0666 e. The van der Waals surface area contributed by atoms with E-state index in [0.717, 1.165) is 18.8 Å². The van der Waals surface area contributed by atoms with Crippen molar-refractivity contribution in [2.45, 2.75) is 37.5 Å². The third kappa shape index (κ3) is 3.78. The third-order valence-electron chi connectivity index (χ3n) is 2.13. The van der Waals surface area contributed by atoms with Gasteiger partial charge in [-0.1, -0.05) is 6.92 Å². The minimum atomic E-state index is 0.305. The lowest BCUT2D eigenvalue weighted by atomic mass is 10.3. The third-order valence-corrected chi connectivity index (χ3v) is 3.50. The van der Waals surface area contributed by atoms with Crippen LogP contribution >= 0.6 is 11.8 Å². The van der Waals surface area contributed by atoms with Crippen molar-refractivity contribution in [1.29, 1.82) is 0 Å². The molecule has 1 rings (SSSR count). The highest BCUT2D eigenvalue weighted by molar-refractivity contribution is 7.99. The molecule has 1 saturated heterocycles. The SMILES string of the molecule is CC(CCO)SCC1CCCO1. The zero-order valence-corrected chi connectivity index (χ0v) is 8.48. The molecule has 0 radical (unpaired) electrons. The Morgan fingerprint density at radius 2 is 2.50 bits per heavy atom. The Morgan fingerprint density at radius 3 is 3.08 bits per heavy atom. The van der Waals surface area contributed by atoms with Crippen molar-refractivity contribution in [2.24, 2.45) is 0 Å². The van der Waals surface area contributed by atoms with E-state index in [1.807, 2.05) is 11.8 Å². The molecule has 2 unspecified atom stereocenters. The molecule has 0 saturated carbocycles. The van der Waals surface area contributed by atoms with Gasteiger partial charge >= 0.3 is 0 Å². The molecule has 2 nitrogen and oxygen atoms in total. The van der Waals surface area contributed by atoms with E-state index in [-0.39, 0.29) is 0 Å². The first-order valence-corrected chi connectivity index (χ1v) is 5.72. The predicted molar refractivity (Wildman–Crippen MR) is 52.6 cm³/mol. The number of hydrogen-bond donors (Lipinski definition) is 1. The highest BCUT2D eigenvalue weighted by atomic mass is 32.2. The molecule has 1 fully saturated rings. The average molecular weight is 190 g/mol. The molecule has 0 amide bonds. The fraction of sp³-hybridized carbons (Fsp3) is 1.00. The summed E-state index contributed by atoms with van der Waals surface area (Å²) >= 11 is 1.91. The summed E-state index contributed by atoms with van der Waals surface area (Å²) in [5, 5.41) is 9.25. The molecule has 3 heteroatoms. The molecule has 1 aliphatic rings. The van der Waals surface area contributed by atoms with E-state index in [0.29, 0.717) is 18.0 Å². The zero-order valence-electron chi connectivity index (χ0n) is 7.66. The lowest BCUT2D eigenvalue weighted by Crippen LogP contribution is -2.11. The summed E-state index contributed by atoms with van der Waals surface area (Å²) in [4.78, 5) is 0. The van der Waals surface area contributed by atoms with Gasteiger partial charge in [0.2, 0.25) is 0 Å². The van der Waals surface area contributed by atoms with Crippen LogP contribution in [0.4, 0.5) is 0 Å². The number of ether oxygens (including phenoxy) is 1. The van der Waals surface area contributed by atoms with Crippen LogP contribution in [-0.4, -0.2) is 35.4 Å². The van der Waals surface area contributed by atoms with Gasteiger partial charge in [-0.2, -0.15) is 11.8 Å². The molecule has 0 aromatic rings. The van der Waals surface area contributed by atoms with Gasteiger partial charge in [0.05, 0.1) is 6.10 Å². The van der Waals surface area contributed by atoms with Crippen molar-refractivity contribution < 1.29 is 9.84 Å². The van der Waals surface area contributed by atoms with Crippen LogP contribution in [0.25, 0.3) is 0 Å². The summed E-state index contributed by atoms with van der Waals surface area (Å²) < 4.78 is 5.50. The highest BCUT2D eigenvalue weighted by Crippen LogP contribution is 2.21. The lowest BCUT2D eigenvalue weighted by molar-refractivity contribution is 0.128. The van der Waals surface area contributed by atoms with Crippen molar-refractivity contribution in [3.8, 4) is 0 Å². The van der Waals surface area contributed by atoms with E-state index in [1.54, 1.807) is 0 Å². The Labute approximate surface area is 78.7 Å². The molecular weight excluding hydrogens is 172 g/mol. The van der Waals surface area contributed by atoms with E-state index in [4.69, 9.17) is 9.84 Å². The zero-order chi connectivity index (χ0) is 8.81. The molecule has 0 aromatic heterocycles. The Bertz CT molecular complexity index is 113. The largest absolute Gasteiger partial charge is 0.396 e. The van der Waals surface area contributed by atoms with Gasteiger partial charge < -0.3 is 9.84 Å². The fourth-order valence-corrected chi connectivity index (χ4v) is 2.39. The van der Waals surface area contributed by atoms with E-state index in [1.165, 1.54) is 12.8 Å². The molecule has 0 bridgehead atoms. The van der Waals surface area contributed by atoms with Crippen molar-refractivity contribution in [3.63, 3.8) is 0 Å². The van der Waals surface area contributed by atoms with Crippen molar-refractivity contribution >= 4 is 11.8 Å². The molecule has 1 N–H and O–H groups in total. The molecule has 1 aliphatic heterocycles. The van der Waals surface area contributed by atoms with Gasteiger partial charge in [-0.3, -0.25) is 0 Å². The Kier molecular flexibility index (Phi) is 5.04. The second kappa shape index (κ2) is 5.84. The Morgan fingerprint density at radius 1 is 1.67 bits per heavy atom. The maximum atomic E-state index is 8.68. The second-order valence-electron chi connectivity index (χ2n) is 3.29. The van der Waals surface area contributed by atoms with Gasteiger partial charge in [0.25, 0.3) is 0 Å². The van der Waals surface area contributed by atoms with Crippen molar-refractivity contribution in [1.82, 2.24) is 0 Å². The van der Waals surface area contributed by atoms with Gasteiger partial charge in [-0.25, -0.2) is 0 Å². The van der Waals surface area contributed by atoms with Crippen molar-refractivity contribution in [3.05, 3.63) is 0 Å². The summed E-state index contributed by atoms with van der Waals surface area (Å²) in [6.45, 7) is 3.41. The minimum Gasteiger partial charge on any atom is -0.396 e. The number of aliphatic hydroxyl groups excluding tert-OH is 1. The average Bonchev–Trinajstić information content (AvgIpc) is 2.53. The van der Waals surface area contributed by atoms with E-state index in [2.05, 4.69) is 6.92 Å². The van der Waals surface area contributed by atoms with Gasteiger partial charge in [0.15, 0.2) is 0 Å². The fourth-order valence-electron chi connectivity index (χ4n) is 1.31. The van der Waals surface area contributed by atoms with Crippen LogP contribution in [0.2, 0.25) is 0 Å². The van der Waals surface area contributed by atoms with E-state index in [9.17, 15) is 0 Å². The van der Waals surface area contributed by atoms with Crippen LogP contribution in [0.15, 0.2) is 0 Å². The van der Waals surface area contributed by atoms with E-state index < -0.39 is 0 Å². The molecule has 2 atom stereocenters. The highest BCUT2D eigenvalue weighted by Gasteiger charge is 2.16. The summed E-state index contributed by atoms with van der Waals surface area (Å²) in [6.07, 6.45) is 3.83. The van der Waals surface area contributed by atoms with Crippen LogP contribution < -0.4 is 0 Å². The number of thioether (sulfide) groups is 1. The molecule has 0 aromatic carbocycles. The van der Waals surface area contributed by atoms with Crippen LogP contribution in [0.5, 0.6) is 0 Å².